The fourth-order valence-corrected chi connectivity index (χ4v) is 3.55. The van der Waals surface area contributed by atoms with E-state index in [0.717, 1.165) is 28.2 Å². The third-order valence-electron chi connectivity index (χ3n) is 4.12. The predicted octanol–water partition coefficient (Wildman–Crippen LogP) is 4.28. The van der Waals surface area contributed by atoms with Crippen molar-refractivity contribution in [3.05, 3.63) is 69.7 Å². The number of aryl methyl sites for hydroxylation is 3. The number of hydrogen-bond donors (Lipinski definition) is 2. The van der Waals surface area contributed by atoms with Gasteiger partial charge in [-0.3, -0.25) is 4.68 Å². The van der Waals surface area contributed by atoms with E-state index in [4.69, 9.17) is 0 Å². The van der Waals surface area contributed by atoms with Crippen LogP contribution in [0.1, 0.15) is 28.6 Å². The molecular weight excluding hydrogens is 332 g/mol. The SMILES string of the molecule is Cc1cc(C)n([C@H](CNC(=O)Nc2ccccc2C)c2ccsc2)n1. The fraction of sp³-hybridized carbons (Fsp3) is 0.263. The number of carbonyl (C=O) groups excluding carboxylic acids is 1. The van der Waals surface area contributed by atoms with Crippen LogP contribution in [0.5, 0.6) is 0 Å². The van der Waals surface area contributed by atoms with Gasteiger partial charge in [0.1, 0.15) is 0 Å². The molecule has 5 nitrogen and oxygen atoms in total. The van der Waals surface area contributed by atoms with Gasteiger partial charge in [-0.15, -0.1) is 0 Å². The predicted molar refractivity (Wildman–Crippen MR) is 102 cm³/mol. The molecular formula is C19H22N4OS. The summed E-state index contributed by atoms with van der Waals surface area (Å²) in [7, 11) is 0. The highest BCUT2D eigenvalue weighted by Crippen LogP contribution is 2.22. The molecule has 130 valence electrons. The molecule has 2 amide bonds. The van der Waals surface area contributed by atoms with Crippen LogP contribution in [-0.2, 0) is 0 Å². The van der Waals surface area contributed by atoms with E-state index in [-0.39, 0.29) is 12.1 Å². The molecule has 3 rings (SSSR count). The number of urea groups is 1. The number of thiophene rings is 1. The van der Waals surface area contributed by atoms with Gasteiger partial charge in [0.25, 0.3) is 0 Å². The van der Waals surface area contributed by atoms with Crippen molar-refractivity contribution in [3.63, 3.8) is 0 Å². The molecule has 0 saturated carbocycles. The maximum atomic E-state index is 12.3. The van der Waals surface area contributed by atoms with Gasteiger partial charge in [-0.1, -0.05) is 18.2 Å². The smallest absolute Gasteiger partial charge is 0.319 e. The zero-order valence-corrected chi connectivity index (χ0v) is 15.4. The van der Waals surface area contributed by atoms with Gasteiger partial charge in [-0.25, -0.2) is 4.79 Å². The average Bonchev–Trinajstić information content (AvgIpc) is 3.20. The first-order chi connectivity index (χ1) is 12.0. The first-order valence-electron chi connectivity index (χ1n) is 8.20. The van der Waals surface area contributed by atoms with Gasteiger partial charge in [-0.2, -0.15) is 16.4 Å². The molecule has 2 heterocycles. The second-order valence-corrected chi connectivity index (χ2v) is 6.87. The summed E-state index contributed by atoms with van der Waals surface area (Å²) in [4.78, 5) is 12.3. The molecule has 0 fully saturated rings. The molecule has 0 unspecified atom stereocenters. The highest BCUT2D eigenvalue weighted by atomic mass is 32.1. The van der Waals surface area contributed by atoms with Gasteiger partial charge in [0.15, 0.2) is 0 Å². The average molecular weight is 354 g/mol. The van der Waals surface area contributed by atoms with Crippen molar-refractivity contribution < 1.29 is 4.79 Å². The monoisotopic (exact) mass is 354 g/mol. The second kappa shape index (κ2) is 7.53. The lowest BCUT2D eigenvalue weighted by atomic mass is 10.1. The number of hydrogen-bond acceptors (Lipinski definition) is 3. The Bertz CT molecular complexity index is 854. The molecule has 6 heteroatoms. The molecule has 3 aromatic rings. The molecule has 1 aromatic carbocycles. The van der Waals surface area contributed by atoms with Crippen LogP contribution in [0, 0.1) is 20.8 Å². The molecule has 25 heavy (non-hydrogen) atoms. The van der Waals surface area contributed by atoms with Crippen molar-refractivity contribution in [1.29, 1.82) is 0 Å². The van der Waals surface area contributed by atoms with Gasteiger partial charge >= 0.3 is 6.03 Å². The van der Waals surface area contributed by atoms with Gasteiger partial charge in [0, 0.05) is 17.9 Å². The zero-order valence-electron chi connectivity index (χ0n) is 14.6. The Balaban J connectivity index is 1.72. The Morgan fingerprint density at radius 3 is 2.68 bits per heavy atom. The minimum absolute atomic E-state index is 0.0254. The first-order valence-corrected chi connectivity index (χ1v) is 9.14. The van der Waals surface area contributed by atoms with Crippen LogP contribution in [0.3, 0.4) is 0 Å². The first kappa shape index (κ1) is 17.2. The molecule has 0 bridgehead atoms. The lowest BCUT2D eigenvalue weighted by molar-refractivity contribution is 0.250. The van der Waals surface area contributed by atoms with Crippen molar-refractivity contribution in [1.82, 2.24) is 15.1 Å². The number of nitrogens with zero attached hydrogens (tertiary/aromatic N) is 2. The van der Waals surface area contributed by atoms with Crippen LogP contribution in [-0.4, -0.2) is 22.4 Å². The standard InChI is InChI=1S/C19H22N4OS/c1-13-6-4-5-7-17(13)21-19(24)20-11-18(16-8-9-25-12-16)23-15(3)10-14(2)22-23/h4-10,12,18H,11H2,1-3H3,(H2,20,21,24)/t18-/m1/s1. The summed E-state index contributed by atoms with van der Waals surface area (Å²) < 4.78 is 1.98. The van der Waals surface area contributed by atoms with E-state index in [9.17, 15) is 4.79 Å². The number of benzene rings is 1. The van der Waals surface area contributed by atoms with Crippen LogP contribution >= 0.6 is 11.3 Å². The third kappa shape index (κ3) is 4.09. The van der Waals surface area contributed by atoms with Gasteiger partial charge in [0.05, 0.1) is 11.7 Å². The molecule has 0 saturated heterocycles. The number of rotatable bonds is 5. The highest BCUT2D eigenvalue weighted by Gasteiger charge is 2.18. The van der Waals surface area contributed by atoms with E-state index >= 15 is 0 Å². The number of para-hydroxylation sites is 1. The summed E-state index contributed by atoms with van der Waals surface area (Å²) >= 11 is 1.64. The maximum Gasteiger partial charge on any atom is 0.319 e. The van der Waals surface area contributed by atoms with E-state index in [0.29, 0.717) is 6.54 Å². The quantitative estimate of drug-likeness (QED) is 0.718. The Kier molecular flexibility index (Phi) is 5.19. The Labute approximate surface area is 151 Å². The van der Waals surface area contributed by atoms with E-state index in [1.54, 1.807) is 11.3 Å². The van der Waals surface area contributed by atoms with E-state index in [1.165, 1.54) is 0 Å². The number of aromatic nitrogens is 2. The van der Waals surface area contributed by atoms with Crippen LogP contribution in [0.2, 0.25) is 0 Å². The van der Waals surface area contributed by atoms with Crippen molar-refractivity contribution in [3.8, 4) is 0 Å². The summed E-state index contributed by atoms with van der Waals surface area (Å²) in [6.45, 7) is 6.45. The zero-order chi connectivity index (χ0) is 17.8. The lowest BCUT2D eigenvalue weighted by Gasteiger charge is -2.19. The third-order valence-corrected chi connectivity index (χ3v) is 4.82. The summed E-state index contributed by atoms with van der Waals surface area (Å²) in [5.74, 6) is 0. The van der Waals surface area contributed by atoms with E-state index in [2.05, 4.69) is 27.2 Å². The largest absolute Gasteiger partial charge is 0.335 e. The molecule has 0 radical (unpaired) electrons. The lowest BCUT2D eigenvalue weighted by Crippen LogP contribution is -2.35. The maximum absolute atomic E-state index is 12.3. The topological polar surface area (TPSA) is 59.0 Å². The molecule has 2 N–H and O–H groups in total. The van der Waals surface area contributed by atoms with Gasteiger partial charge < -0.3 is 10.6 Å². The highest BCUT2D eigenvalue weighted by molar-refractivity contribution is 7.07. The molecule has 0 aliphatic heterocycles. The minimum atomic E-state index is -0.212. The van der Waals surface area contributed by atoms with Crippen molar-refractivity contribution in [2.24, 2.45) is 0 Å². The number of carbonyl (C=O) groups is 1. The molecule has 0 spiro atoms. The normalized spacial score (nSPS) is 12.0. The molecule has 0 aliphatic rings. The van der Waals surface area contributed by atoms with Gasteiger partial charge in [-0.05, 0) is 60.9 Å². The van der Waals surface area contributed by atoms with Crippen LogP contribution in [0.15, 0.2) is 47.2 Å². The number of anilines is 1. The molecule has 1 atom stereocenters. The van der Waals surface area contributed by atoms with Crippen LogP contribution in [0.4, 0.5) is 10.5 Å². The van der Waals surface area contributed by atoms with Gasteiger partial charge in [0.2, 0.25) is 0 Å². The number of nitrogens with one attached hydrogen (secondary N) is 2. The molecule has 2 aromatic heterocycles. The summed E-state index contributed by atoms with van der Waals surface area (Å²) in [5, 5.41) is 14.6. The van der Waals surface area contributed by atoms with E-state index < -0.39 is 0 Å². The second-order valence-electron chi connectivity index (χ2n) is 6.09. The van der Waals surface area contributed by atoms with Crippen LogP contribution < -0.4 is 10.6 Å². The van der Waals surface area contributed by atoms with Crippen LogP contribution in [0.25, 0.3) is 0 Å². The van der Waals surface area contributed by atoms with E-state index in [1.807, 2.05) is 61.2 Å². The Morgan fingerprint density at radius 2 is 2.04 bits per heavy atom. The van der Waals surface area contributed by atoms with Crippen molar-refractivity contribution >= 4 is 23.1 Å². The minimum Gasteiger partial charge on any atom is -0.335 e. The fourth-order valence-electron chi connectivity index (χ4n) is 2.84. The summed E-state index contributed by atoms with van der Waals surface area (Å²) in [6.07, 6.45) is 0. The van der Waals surface area contributed by atoms with Crippen molar-refractivity contribution in [2.75, 3.05) is 11.9 Å². The Morgan fingerprint density at radius 1 is 1.24 bits per heavy atom. The summed E-state index contributed by atoms with van der Waals surface area (Å²) in [6, 6.07) is 11.6. The summed E-state index contributed by atoms with van der Waals surface area (Å²) in [5.41, 5.74) is 5.05. The number of amides is 2. The van der Waals surface area contributed by atoms with Crippen molar-refractivity contribution in [2.45, 2.75) is 26.8 Å². The molecule has 0 aliphatic carbocycles. The Hall–Kier alpha value is -2.60.